The van der Waals surface area contributed by atoms with Gasteiger partial charge in [0.2, 0.25) is 0 Å². The maximum Gasteiger partial charge on any atom is 0.175 e. The maximum atomic E-state index is 11.9. The SMILES string of the molecule is COc1cccc(C(=O)CS(=O)C(C)(C)C)c1. The highest BCUT2D eigenvalue weighted by molar-refractivity contribution is 7.87. The fourth-order valence-corrected chi connectivity index (χ4v) is 2.05. The predicted octanol–water partition coefficient (Wildman–Crippen LogP) is 2.43. The molecule has 17 heavy (non-hydrogen) atoms. The summed E-state index contributed by atoms with van der Waals surface area (Å²) >= 11 is 0. The molecule has 3 nitrogen and oxygen atoms in total. The molecule has 0 radical (unpaired) electrons. The van der Waals surface area contributed by atoms with Crippen LogP contribution in [0.3, 0.4) is 0 Å². The largest absolute Gasteiger partial charge is 0.497 e. The van der Waals surface area contributed by atoms with Crippen LogP contribution in [0.25, 0.3) is 0 Å². The molecule has 0 aliphatic carbocycles. The summed E-state index contributed by atoms with van der Waals surface area (Å²) in [5, 5.41) is 0. The van der Waals surface area contributed by atoms with Gasteiger partial charge in [-0.25, -0.2) is 0 Å². The highest BCUT2D eigenvalue weighted by Crippen LogP contribution is 2.16. The second kappa shape index (κ2) is 5.45. The fourth-order valence-electron chi connectivity index (χ4n) is 1.22. The normalized spacial score (nSPS) is 13.2. The number of carbonyl (C=O) groups is 1. The highest BCUT2D eigenvalue weighted by Gasteiger charge is 2.22. The van der Waals surface area contributed by atoms with Crippen molar-refractivity contribution in [3.63, 3.8) is 0 Å². The average Bonchev–Trinajstić information content (AvgIpc) is 2.27. The number of benzene rings is 1. The zero-order chi connectivity index (χ0) is 13.1. The number of hydrogen-bond acceptors (Lipinski definition) is 3. The molecule has 1 atom stereocenters. The minimum absolute atomic E-state index is 0.0522. The van der Waals surface area contributed by atoms with Crippen molar-refractivity contribution >= 4 is 16.6 Å². The molecular weight excluding hydrogens is 236 g/mol. The highest BCUT2D eigenvalue weighted by atomic mass is 32.2. The Morgan fingerprint density at radius 1 is 1.35 bits per heavy atom. The van der Waals surface area contributed by atoms with Crippen LogP contribution in [0.2, 0.25) is 0 Å². The quantitative estimate of drug-likeness (QED) is 0.775. The van der Waals surface area contributed by atoms with Crippen LogP contribution in [0.1, 0.15) is 31.1 Å². The molecular formula is C13H18O3S. The molecule has 0 spiro atoms. The maximum absolute atomic E-state index is 11.9. The first kappa shape index (κ1) is 13.9. The van der Waals surface area contributed by atoms with Crippen LogP contribution >= 0.6 is 0 Å². The molecule has 0 heterocycles. The lowest BCUT2D eigenvalue weighted by Crippen LogP contribution is -2.27. The first-order valence-corrected chi connectivity index (χ1v) is 6.72. The Morgan fingerprint density at radius 2 is 2.00 bits per heavy atom. The second-order valence-corrected chi connectivity index (χ2v) is 6.96. The van der Waals surface area contributed by atoms with Crippen LogP contribution in [0.15, 0.2) is 24.3 Å². The summed E-state index contributed by atoms with van der Waals surface area (Å²) in [4.78, 5) is 11.9. The summed E-state index contributed by atoms with van der Waals surface area (Å²) in [7, 11) is 0.386. The third-order valence-corrected chi connectivity index (χ3v) is 4.23. The van der Waals surface area contributed by atoms with Crippen molar-refractivity contribution in [2.24, 2.45) is 0 Å². The minimum atomic E-state index is -1.17. The van der Waals surface area contributed by atoms with E-state index in [1.54, 1.807) is 31.4 Å². The molecule has 0 aliphatic heterocycles. The fraction of sp³-hybridized carbons (Fsp3) is 0.462. The first-order chi connectivity index (χ1) is 7.84. The van der Waals surface area contributed by atoms with Gasteiger partial charge in [0.05, 0.1) is 12.9 Å². The van der Waals surface area contributed by atoms with Gasteiger partial charge in [0.15, 0.2) is 5.78 Å². The smallest absolute Gasteiger partial charge is 0.175 e. The van der Waals surface area contributed by atoms with E-state index in [9.17, 15) is 9.00 Å². The van der Waals surface area contributed by atoms with Crippen molar-refractivity contribution in [3.8, 4) is 5.75 Å². The topological polar surface area (TPSA) is 43.4 Å². The number of hydrogen-bond donors (Lipinski definition) is 0. The second-order valence-electron chi connectivity index (χ2n) is 4.76. The van der Waals surface area contributed by atoms with Crippen LogP contribution in [0.4, 0.5) is 0 Å². The predicted molar refractivity (Wildman–Crippen MR) is 70.1 cm³/mol. The number of ether oxygens (including phenoxy) is 1. The number of Topliss-reactive ketones (excluding diaryl/α,β-unsaturated/α-hetero) is 1. The van der Waals surface area contributed by atoms with E-state index in [4.69, 9.17) is 4.74 Å². The lowest BCUT2D eigenvalue weighted by Gasteiger charge is -2.17. The molecule has 0 fully saturated rings. The molecule has 0 amide bonds. The summed E-state index contributed by atoms with van der Waals surface area (Å²) in [5.41, 5.74) is 0.543. The molecule has 1 rings (SSSR count). The van der Waals surface area contributed by atoms with Gasteiger partial charge >= 0.3 is 0 Å². The van der Waals surface area contributed by atoms with Crippen LogP contribution in [0, 0.1) is 0 Å². The molecule has 1 aromatic carbocycles. The van der Waals surface area contributed by atoms with Crippen molar-refractivity contribution < 1.29 is 13.7 Å². The van der Waals surface area contributed by atoms with E-state index < -0.39 is 10.8 Å². The lowest BCUT2D eigenvalue weighted by molar-refractivity contribution is 0.102. The molecule has 0 N–H and O–H groups in total. The van der Waals surface area contributed by atoms with E-state index in [1.807, 2.05) is 20.8 Å². The molecule has 0 bridgehead atoms. The van der Waals surface area contributed by atoms with E-state index in [2.05, 4.69) is 0 Å². The number of ketones is 1. The monoisotopic (exact) mass is 254 g/mol. The van der Waals surface area contributed by atoms with Gasteiger partial charge < -0.3 is 4.74 Å². The van der Waals surface area contributed by atoms with Gasteiger partial charge in [-0.15, -0.1) is 0 Å². The number of carbonyl (C=O) groups excluding carboxylic acids is 1. The van der Waals surface area contributed by atoms with E-state index in [-0.39, 0.29) is 16.3 Å². The molecule has 94 valence electrons. The van der Waals surface area contributed by atoms with Gasteiger partial charge in [0.25, 0.3) is 0 Å². The van der Waals surface area contributed by atoms with Gasteiger partial charge in [-0.05, 0) is 32.9 Å². The Kier molecular flexibility index (Phi) is 4.46. The Morgan fingerprint density at radius 3 is 2.53 bits per heavy atom. The number of methoxy groups -OCH3 is 1. The van der Waals surface area contributed by atoms with Crippen molar-refractivity contribution in [1.29, 1.82) is 0 Å². The third kappa shape index (κ3) is 3.97. The van der Waals surface area contributed by atoms with Crippen LogP contribution < -0.4 is 4.74 Å². The summed E-state index contributed by atoms with van der Waals surface area (Å²) < 4.78 is 16.5. The van der Waals surface area contributed by atoms with Crippen molar-refractivity contribution in [2.75, 3.05) is 12.9 Å². The van der Waals surface area contributed by atoms with E-state index in [0.29, 0.717) is 11.3 Å². The van der Waals surface area contributed by atoms with Crippen LogP contribution in [-0.4, -0.2) is 27.6 Å². The van der Waals surface area contributed by atoms with E-state index in [1.165, 1.54) is 0 Å². The lowest BCUT2D eigenvalue weighted by atomic mass is 10.1. The van der Waals surface area contributed by atoms with Crippen molar-refractivity contribution in [1.82, 2.24) is 0 Å². The molecule has 4 heteroatoms. The van der Waals surface area contributed by atoms with Crippen LogP contribution in [-0.2, 0) is 10.8 Å². The number of rotatable bonds is 4. The van der Waals surface area contributed by atoms with Gasteiger partial charge in [0.1, 0.15) is 5.75 Å². The molecule has 0 aliphatic rings. The molecule has 0 saturated heterocycles. The van der Waals surface area contributed by atoms with Gasteiger partial charge in [0, 0.05) is 21.1 Å². The van der Waals surface area contributed by atoms with Crippen molar-refractivity contribution in [2.45, 2.75) is 25.5 Å². The standard InChI is InChI=1S/C13H18O3S/c1-13(2,3)17(15)9-12(14)10-6-5-7-11(8-10)16-4/h5-8H,9H2,1-4H3. The van der Waals surface area contributed by atoms with E-state index >= 15 is 0 Å². The van der Waals surface area contributed by atoms with Gasteiger partial charge in [-0.1, -0.05) is 12.1 Å². The summed E-state index contributed by atoms with van der Waals surface area (Å²) in [6.07, 6.45) is 0. The molecule has 0 aromatic heterocycles. The Bertz CT molecular complexity index is 433. The third-order valence-electron chi connectivity index (χ3n) is 2.34. The summed E-state index contributed by atoms with van der Waals surface area (Å²) in [6, 6.07) is 6.91. The van der Waals surface area contributed by atoms with Crippen molar-refractivity contribution in [3.05, 3.63) is 29.8 Å². The Balaban J connectivity index is 2.80. The van der Waals surface area contributed by atoms with Crippen LogP contribution in [0.5, 0.6) is 5.75 Å². The molecule has 0 saturated carbocycles. The first-order valence-electron chi connectivity index (χ1n) is 5.40. The van der Waals surface area contributed by atoms with Gasteiger partial charge in [-0.3, -0.25) is 9.00 Å². The van der Waals surface area contributed by atoms with Gasteiger partial charge in [-0.2, -0.15) is 0 Å². The average molecular weight is 254 g/mol. The van der Waals surface area contributed by atoms with E-state index in [0.717, 1.165) is 0 Å². The summed E-state index contributed by atoms with van der Waals surface area (Å²) in [5.74, 6) is 0.575. The molecule has 1 unspecified atom stereocenters. The molecule has 1 aromatic rings. The Labute approximate surface area is 105 Å². The zero-order valence-electron chi connectivity index (χ0n) is 10.6. The summed E-state index contributed by atoms with van der Waals surface area (Å²) in [6.45, 7) is 5.59. The zero-order valence-corrected chi connectivity index (χ0v) is 11.5. The Hall–Kier alpha value is -1.16. The minimum Gasteiger partial charge on any atom is -0.497 e.